The van der Waals surface area contributed by atoms with Crippen molar-refractivity contribution in [1.82, 2.24) is 14.9 Å². The second-order valence-corrected chi connectivity index (χ2v) is 7.72. The van der Waals surface area contributed by atoms with E-state index in [1.807, 2.05) is 41.1 Å². The minimum atomic E-state index is -0.0857. The number of hydrogen-bond donors (Lipinski definition) is 1. The molecule has 1 aromatic heterocycles. The minimum absolute atomic E-state index is 0.0857. The Morgan fingerprint density at radius 1 is 0.966 bits per heavy atom. The summed E-state index contributed by atoms with van der Waals surface area (Å²) in [6.45, 7) is 1.50. The first-order valence-corrected chi connectivity index (χ1v) is 10.2. The lowest BCUT2D eigenvalue weighted by Gasteiger charge is -2.14. The third kappa shape index (κ3) is 3.40. The van der Waals surface area contributed by atoms with Crippen LogP contribution < -0.4 is 5.32 Å². The lowest BCUT2D eigenvalue weighted by Crippen LogP contribution is -2.14. The molecule has 5 rings (SSSR count). The number of fused-ring (bicyclic) bond motifs is 2. The molecule has 1 aliphatic rings. The lowest BCUT2D eigenvalue weighted by atomic mass is 10.1. The van der Waals surface area contributed by atoms with E-state index in [4.69, 9.17) is 5.10 Å². The summed E-state index contributed by atoms with van der Waals surface area (Å²) in [6.07, 6.45) is 0. The molecule has 1 amide bonds. The summed E-state index contributed by atoms with van der Waals surface area (Å²) in [6, 6.07) is 22.2. The molecule has 142 valence electrons. The Bertz CT molecular complexity index is 1260. The van der Waals surface area contributed by atoms with Gasteiger partial charge in [0, 0.05) is 23.9 Å². The Hall–Kier alpha value is -3.45. The summed E-state index contributed by atoms with van der Waals surface area (Å²) in [5.41, 5.74) is 3.70. The maximum Gasteiger partial charge on any atom is 0.221 e. The van der Waals surface area contributed by atoms with E-state index < -0.39 is 0 Å². The molecule has 4 aromatic rings. The fraction of sp³-hybridized carbons (Fsp3) is 0.0909. The zero-order valence-electron chi connectivity index (χ0n) is 15.7. The molecule has 0 aliphatic carbocycles. The molecule has 0 atom stereocenters. The van der Waals surface area contributed by atoms with E-state index in [1.54, 1.807) is 11.8 Å². The normalized spacial score (nSPS) is 13.1. The Kier molecular flexibility index (Phi) is 4.37. The van der Waals surface area contributed by atoms with E-state index >= 15 is 0 Å². The molecule has 1 N–H and O–H groups in total. The molecular formula is C22H17N5OS. The largest absolute Gasteiger partial charge is 0.326 e. The molecule has 3 aromatic carbocycles. The Labute approximate surface area is 171 Å². The number of thioether (sulfide) groups is 1. The van der Waals surface area contributed by atoms with Crippen LogP contribution in [0.25, 0.3) is 22.2 Å². The molecule has 0 bridgehead atoms. The van der Waals surface area contributed by atoms with Crippen LogP contribution in [0.2, 0.25) is 0 Å². The van der Waals surface area contributed by atoms with Gasteiger partial charge in [0.25, 0.3) is 0 Å². The predicted molar refractivity (Wildman–Crippen MR) is 116 cm³/mol. The highest BCUT2D eigenvalue weighted by Gasteiger charge is 2.21. The van der Waals surface area contributed by atoms with Crippen molar-refractivity contribution in [3.05, 3.63) is 72.3 Å². The van der Waals surface area contributed by atoms with Crippen molar-refractivity contribution < 1.29 is 4.79 Å². The van der Waals surface area contributed by atoms with Gasteiger partial charge in [0.05, 0.1) is 5.71 Å². The number of carbonyl (C=O) groups is 1. The zero-order valence-corrected chi connectivity index (χ0v) is 16.5. The van der Waals surface area contributed by atoms with Crippen molar-refractivity contribution >= 4 is 39.8 Å². The van der Waals surface area contributed by atoms with Gasteiger partial charge in [-0.3, -0.25) is 4.79 Å². The van der Waals surface area contributed by atoms with Gasteiger partial charge in [0.2, 0.25) is 11.1 Å². The summed E-state index contributed by atoms with van der Waals surface area (Å²) in [4.78, 5) is 11.2. The highest BCUT2D eigenvalue weighted by Crippen LogP contribution is 2.30. The van der Waals surface area contributed by atoms with Gasteiger partial charge in [-0.05, 0) is 34.5 Å². The Morgan fingerprint density at radius 2 is 1.72 bits per heavy atom. The summed E-state index contributed by atoms with van der Waals surface area (Å²) in [5, 5.41) is 19.4. The van der Waals surface area contributed by atoms with Gasteiger partial charge in [0.15, 0.2) is 5.82 Å². The van der Waals surface area contributed by atoms with Gasteiger partial charge in [-0.2, -0.15) is 9.78 Å². The van der Waals surface area contributed by atoms with Crippen LogP contribution in [0.15, 0.2) is 77.0 Å². The number of amides is 1. The van der Waals surface area contributed by atoms with Crippen molar-refractivity contribution in [2.24, 2.45) is 5.10 Å². The van der Waals surface area contributed by atoms with Crippen molar-refractivity contribution in [3.8, 4) is 11.4 Å². The third-order valence-electron chi connectivity index (χ3n) is 4.72. The number of nitrogens with zero attached hydrogens (tertiary/aromatic N) is 4. The van der Waals surface area contributed by atoms with Crippen LogP contribution in [0.3, 0.4) is 0 Å². The second-order valence-electron chi connectivity index (χ2n) is 6.77. The number of hydrogen-bond acceptors (Lipinski definition) is 5. The first-order valence-electron chi connectivity index (χ1n) is 9.21. The van der Waals surface area contributed by atoms with E-state index in [0.717, 1.165) is 44.6 Å². The van der Waals surface area contributed by atoms with E-state index in [1.165, 1.54) is 12.3 Å². The molecule has 7 heteroatoms. The first-order chi connectivity index (χ1) is 14.2. The van der Waals surface area contributed by atoms with E-state index in [0.29, 0.717) is 0 Å². The monoisotopic (exact) mass is 399 g/mol. The molecule has 0 saturated heterocycles. The van der Waals surface area contributed by atoms with Gasteiger partial charge in [-0.1, -0.05) is 60.3 Å². The van der Waals surface area contributed by atoms with Crippen molar-refractivity contribution in [2.45, 2.75) is 12.1 Å². The maximum atomic E-state index is 11.2. The van der Waals surface area contributed by atoms with E-state index in [2.05, 4.69) is 45.8 Å². The van der Waals surface area contributed by atoms with Gasteiger partial charge in [-0.25, -0.2) is 0 Å². The lowest BCUT2D eigenvalue weighted by molar-refractivity contribution is -0.114. The van der Waals surface area contributed by atoms with E-state index in [-0.39, 0.29) is 5.91 Å². The van der Waals surface area contributed by atoms with Crippen LogP contribution in [0, 0.1) is 0 Å². The highest BCUT2D eigenvalue weighted by atomic mass is 32.2. The fourth-order valence-electron chi connectivity index (χ4n) is 3.33. The molecule has 29 heavy (non-hydrogen) atoms. The number of aromatic nitrogens is 3. The molecule has 2 heterocycles. The average Bonchev–Trinajstić information content (AvgIpc) is 3.17. The average molecular weight is 399 g/mol. The molecule has 0 fully saturated rings. The molecule has 6 nitrogen and oxygen atoms in total. The van der Waals surface area contributed by atoms with Gasteiger partial charge < -0.3 is 5.32 Å². The summed E-state index contributed by atoms with van der Waals surface area (Å²) >= 11 is 1.61. The number of benzene rings is 3. The van der Waals surface area contributed by atoms with Crippen molar-refractivity contribution in [1.29, 1.82) is 0 Å². The highest BCUT2D eigenvalue weighted by molar-refractivity contribution is 7.99. The zero-order chi connectivity index (χ0) is 19.8. The number of carbonyl (C=O) groups excluding carboxylic acids is 1. The SMILES string of the molecule is CC(=O)Nc1ccc(C2=Nn3c(nnc3-c3ccc4ccccc4c3)SC2)cc1. The summed E-state index contributed by atoms with van der Waals surface area (Å²) in [7, 11) is 0. The molecule has 0 unspecified atom stereocenters. The van der Waals surface area contributed by atoms with Crippen LogP contribution in [-0.2, 0) is 4.79 Å². The van der Waals surface area contributed by atoms with E-state index in [9.17, 15) is 4.79 Å². The van der Waals surface area contributed by atoms with Crippen LogP contribution in [0.5, 0.6) is 0 Å². The van der Waals surface area contributed by atoms with Gasteiger partial charge >= 0.3 is 0 Å². The Morgan fingerprint density at radius 3 is 2.52 bits per heavy atom. The van der Waals surface area contributed by atoms with Gasteiger partial charge in [0.1, 0.15) is 0 Å². The second kappa shape index (κ2) is 7.18. The minimum Gasteiger partial charge on any atom is -0.326 e. The van der Waals surface area contributed by atoms with Gasteiger partial charge in [-0.15, -0.1) is 10.2 Å². The van der Waals surface area contributed by atoms with Crippen LogP contribution in [0.4, 0.5) is 5.69 Å². The number of anilines is 1. The fourth-order valence-corrected chi connectivity index (χ4v) is 4.17. The smallest absolute Gasteiger partial charge is 0.221 e. The van der Waals surface area contributed by atoms with Crippen molar-refractivity contribution in [2.75, 3.05) is 11.1 Å². The molecule has 1 aliphatic heterocycles. The van der Waals surface area contributed by atoms with Crippen LogP contribution in [-0.4, -0.2) is 32.2 Å². The van der Waals surface area contributed by atoms with Crippen molar-refractivity contribution in [3.63, 3.8) is 0 Å². The van der Waals surface area contributed by atoms with Crippen LogP contribution in [0.1, 0.15) is 12.5 Å². The topological polar surface area (TPSA) is 72.2 Å². The molecular weight excluding hydrogens is 382 g/mol. The quantitative estimate of drug-likeness (QED) is 0.554. The number of nitrogens with one attached hydrogen (secondary N) is 1. The first kappa shape index (κ1) is 17.6. The molecule has 0 saturated carbocycles. The Balaban J connectivity index is 1.52. The molecule has 0 spiro atoms. The van der Waals surface area contributed by atoms with Crippen LogP contribution >= 0.6 is 11.8 Å². The standard InChI is InChI=1S/C22H17N5OS/c1-14(28)23-19-10-8-16(9-11-19)20-13-29-22-25-24-21(27(22)26-20)18-7-6-15-4-2-3-5-17(15)12-18/h2-12H,13H2,1H3,(H,23,28). The maximum absolute atomic E-state index is 11.2. The predicted octanol–water partition coefficient (Wildman–Crippen LogP) is 4.41. The number of rotatable bonds is 3. The summed E-state index contributed by atoms with van der Waals surface area (Å²) in [5.74, 6) is 1.36. The summed E-state index contributed by atoms with van der Waals surface area (Å²) < 4.78 is 1.81. The third-order valence-corrected chi connectivity index (χ3v) is 5.65. The molecule has 0 radical (unpaired) electrons.